The van der Waals surface area contributed by atoms with Crippen LogP contribution in [-0.2, 0) is 9.53 Å². The molecule has 0 aromatic rings. The number of hydrogen-bond acceptors (Lipinski definition) is 2. The van der Waals surface area contributed by atoms with Crippen LogP contribution in [0.15, 0.2) is 12.7 Å². The molecule has 1 aliphatic carbocycles. The van der Waals surface area contributed by atoms with Gasteiger partial charge in [0.2, 0.25) is 5.91 Å². The Labute approximate surface area is 84.7 Å². The maximum Gasteiger partial charge on any atom is 0.246 e. The van der Waals surface area contributed by atoms with Crippen LogP contribution in [0.3, 0.4) is 0 Å². The molecule has 0 bridgehead atoms. The number of rotatable bonds is 1. The van der Waals surface area contributed by atoms with Gasteiger partial charge < -0.3 is 9.64 Å². The van der Waals surface area contributed by atoms with Crippen molar-refractivity contribution in [1.29, 1.82) is 0 Å². The number of carbonyl (C=O) groups excluding carboxylic acids is 1. The molecule has 0 unspecified atom stereocenters. The summed E-state index contributed by atoms with van der Waals surface area (Å²) >= 11 is 0. The molecule has 1 amide bonds. The Kier molecular flexibility index (Phi) is 2.59. The van der Waals surface area contributed by atoms with Crippen LogP contribution >= 0.6 is 0 Å². The predicted octanol–water partition coefficient (Wildman–Crippen LogP) is 1.20. The van der Waals surface area contributed by atoms with Crippen LogP contribution in [0.5, 0.6) is 0 Å². The van der Waals surface area contributed by atoms with E-state index < -0.39 is 0 Å². The minimum absolute atomic E-state index is 0.0433. The van der Waals surface area contributed by atoms with Gasteiger partial charge in [-0.05, 0) is 18.9 Å². The summed E-state index contributed by atoms with van der Waals surface area (Å²) in [5.74, 6) is 0.0433. The lowest BCUT2D eigenvalue weighted by Crippen LogP contribution is -2.45. The Balaban J connectivity index is 2.03. The largest absolute Gasteiger partial charge is 0.379 e. The molecule has 0 N–H and O–H groups in total. The second-order valence-electron chi connectivity index (χ2n) is 4.37. The monoisotopic (exact) mass is 195 g/mol. The standard InChI is InChI=1S/C11H17NO2/c1-2-10(13)12-6-7-14-9-11(8-12)4-3-5-11/h2H,1,3-9H2. The number of ether oxygens (including phenoxy) is 1. The molecule has 1 aliphatic heterocycles. The van der Waals surface area contributed by atoms with Crippen molar-refractivity contribution >= 4 is 5.91 Å². The number of amides is 1. The molecule has 3 heteroatoms. The Morgan fingerprint density at radius 2 is 2.29 bits per heavy atom. The molecule has 1 saturated carbocycles. The van der Waals surface area contributed by atoms with Gasteiger partial charge in [-0.15, -0.1) is 0 Å². The van der Waals surface area contributed by atoms with Crippen LogP contribution in [0.25, 0.3) is 0 Å². The molecule has 0 atom stereocenters. The van der Waals surface area contributed by atoms with E-state index in [1.807, 2.05) is 4.90 Å². The Hall–Kier alpha value is -0.830. The van der Waals surface area contributed by atoms with E-state index in [4.69, 9.17) is 4.74 Å². The maximum atomic E-state index is 11.5. The van der Waals surface area contributed by atoms with Crippen LogP contribution in [-0.4, -0.2) is 37.1 Å². The normalized spacial score (nSPS) is 25.3. The van der Waals surface area contributed by atoms with E-state index in [1.165, 1.54) is 25.3 Å². The molecule has 1 saturated heterocycles. The molecule has 2 rings (SSSR count). The molecular formula is C11H17NO2. The minimum atomic E-state index is 0.0433. The average molecular weight is 195 g/mol. The van der Waals surface area contributed by atoms with Crippen molar-refractivity contribution in [3.63, 3.8) is 0 Å². The van der Waals surface area contributed by atoms with Crippen molar-refractivity contribution in [1.82, 2.24) is 4.90 Å². The van der Waals surface area contributed by atoms with E-state index in [0.29, 0.717) is 13.2 Å². The van der Waals surface area contributed by atoms with Gasteiger partial charge in [-0.1, -0.05) is 13.0 Å². The molecule has 0 aromatic carbocycles. The molecular weight excluding hydrogens is 178 g/mol. The molecule has 2 fully saturated rings. The highest BCUT2D eigenvalue weighted by atomic mass is 16.5. The van der Waals surface area contributed by atoms with Crippen molar-refractivity contribution in [2.75, 3.05) is 26.3 Å². The third-order valence-electron chi connectivity index (χ3n) is 3.34. The van der Waals surface area contributed by atoms with Crippen LogP contribution in [0, 0.1) is 5.41 Å². The zero-order valence-electron chi connectivity index (χ0n) is 8.50. The quantitative estimate of drug-likeness (QED) is 0.588. The van der Waals surface area contributed by atoms with Gasteiger partial charge in [0.1, 0.15) is 0 Å². The first-order valence-corrected chi connectivity index (χ1v) is 5.25. The third-order valence-corrected chi connectivity index (χ3v) is 3.34. The first-order chi connectivity index (χ1) is 6.76. The molecule has 2 aliphatic rings. The van der Waals surface area contributed by atoms with Crippen LogP contribution < -0.4 is 0 Å². The van der Waals surface area contributed by atoms with Gasteiger partial charge in [0, 0.05) is 18.5 Å². The highest BCUT2D eigenvalue weighted by Gasteiger charge is 2.40. The number of hydrogen-bond donors (Lipinski definition) is 0. The lowest BCUT2D eigenvalue weighted by Gasteiger charge is -2.42. The third kappa shape index (κ3) is 1.69. The average Bonchev–Trinajstić information content (AvgIpc) is 2.38. The zero-order valence-corrected chi connectivity index (χ0v) is 8.50. The molecule has 1 heterocycles. The summed E-state index contributed by atoms with van der Waals surface area (Å²) in [5, 5.41) is 0. The van der Waals surface area contributed by atoms with E-state index >= 15 is 0 Å². The highest BCUT2D eigenvalue weighted by Crippen LogP contribution is 2.42. The van der Waals surface area contributed by atoms with Gasteiger partial charge in [-0.3, -0.25) is 4.79 Å². The molecule has 1 spiro atoms. The van der Waals surface area contributed by atoms with Gasteiger partial charge in [0.05, 0.1) is 13.2 Å². The van der Waals surface area contributed by atoms with E-state index in [9.17, 15) is 4.79 Å². The summed E-state index contributed by atoms with van der Waals surface area (Å²) in [4.78, 5) is 13.4. The molecule has 0 aromatic heterocycles. The highest BCUT2D eigenvalue weighted by molar-refractivity contribution is 5.87. The van der Waals surface area contributed by atoms with Gasteiger partial charge >= 0.3 is 0 Å². The Morgan fingerprint density at radius 3 is 2.86 bits per heavy atom. The van der Waals surface area contributed by atoms with Crippen molar-refractivity contribution < 1.29 is 9.53 Å². The first kappa shape index (κ1) is 9.71. The summed E-state index contributed by atoms with van der Waals surface area (Å²) in [6, 6.07) is 0. The lowest BCUT2D eigenvalue weighted by molar-refractivity contribution is -0.127. The SMILES string of the molecule is C=CC(=O)N1CCOCC2(CCC2)C1. The summed E-state index contributed by atoms with van der Waals surface area (Å²) < 4.78 is 5.55. The fourth-order valence-corrected chi connectivity index (χ4v) is 2.29. The van der Waals surface area contributed by atoms with Crippen LogP contribution in [0.1, 0.15) is 19.3 Å². The fraction of sp³-hybridized carbons (Fsp3) is 0.727. The second-order valence-corrected chi connectivity index (χ2v) is 4.37. The second kappa shape index (κ2) is 3.73. The maximum absolute atomic E-state index is 11.5. The number of nitrogens with zero attached hydrogens (tertiary/aromatic N) is 1. The van der Waals surface area contributed by atoms with Crippen LogP contribution in [0.4, 0.5) is 0 Å². The predicted molar refractivity (Wildman–Crippen MR) is 53.9 cm³/mol. The molecule has 3 nitrogen and oxygen atoms in total. The minimum Gasteiger partial charge on any atom is -0.379 e. The smallest absolute Gasteiger partial charge is 0.246 e. The van der Waals surface area contributed by atoms with E-state index in [1.54, 1.807) is 0 Å². The topological polar surface area (TPSA) is 29.5 Å². The van der Waals surface area contributed by atoms with Crippen LogP contribution in [0.2, 0.25) is 0 Å². The van der Waals surface area contributed by atoms with Crippen molar-refractivity contribution in [3.8, 4) is 0 Å². The van der Waals surface area contributed by atoms with Gasteiger partial charge in [0.15, 0.2) is 0 Å². The van der Waals surface area contributed by atoms with Crippen molar-refractivity contribution in [2.24, 2.45) is 5.41 Å². The van der Waals surface area contributed by atoms with E-state index in [-0.39, 0.29) is 11.3 Å². The summed E-state index contributed by atoms with van der Waals surface area (Å²) in [6.07, 6.45) is 5.08. The summed E-state index contributed by atoms with van der Waals surface area (Å²) in [5.41, 5.74) is 0.273. The molecule has 0 radical (unpaired) electrons. The van der Waals surface area contributed by atoms with Gasteiger partial charge in [0.25, 0.3) is 0 Å². The summed E-state index contributed by atoms with van der Waals surface area (Å²) in [6.45, 7) is 6.60. The van der Waals surface area contributed by atoms with Crippen molar-refractivity contribution in [2.45, 2.75) is 19.3 Å². The molecule has 78 valence electrons. The Morgan fingerprint density at radius 1 is 1.50 bits per heavy atom. The summed E-state index contributed by atoms with van der Waals surface area (Å²) in [7, 11) is 0. The first-order valence-electron chi connectivity index (χ1n) is 5.25. The van der Waals surface area contributed by atoms with Crippen molar-refractivity contribution in [3.05, 3.63) is 12.7 Å². The van der Waals surface area contributed by atoms with Gasteiger partial charge in [-0.25, -0.2) is 0 Å². The fourth-order valence-electron chi connectivity index (χ4n) is 2.29. The number of carbonyl (C=O) groups is 1. The van der Waals surface area contributed by atoms with Gasteiger partial charge in [-0.2, -0.15) is 0 Å². The Bertz CT molecular complexity index is 246. The lowest BCUT2D eigenvalue weighted by atomic mass is 9.69. The van der Waals surface area contributed by atoms with E-state index in [2.05, 4.69) is 6.58 Å². The molecule has 14 heavy (non-hydrogen) atoms. The zero-order chi connectivity index (χ0) is 10.0. The van der Waals surface area contributed by atoms with E-state index in [0.717, 1.165) is 13.2 Å².